The Morgan fingerprint density at radius 3 is 1.33 bits per heavy atom. The minimum absolute atomic E-state index is 0.108. The first kappa shape index (κ1) is 39.7. The third-order valence-corrected chi connectivity index (χ3v) is 13.2. The number of rotatable bonds is 10. The Kier molecular flexibility index (Phi) is 9.40. The van der Waals surface area contributed by atoms with Crippen LogP contribution in [0.2, 0.25) is 0 Å². The first-order chi connectivity index (χ1) is 30.5. The molecule has 0 saturated carbocycles. The van der Waals surface area contributed by atoms with Crippen LogP contribution in [-0.4, -0.2) is 80.4 Å². The van der Waals surface area contributed by atoms with Gasteiger partial charge in [0.15, 0.2) is 0 Å². The molecule has 0 spiro atoms. The number of hydrogen-bond donors (Lipinski definition) is 0. The summed E-state index contributed by atoms with van der Waals surface area (Å²) in [7, 11) is 3.03. The second-order valence-electron chi connectivity index (χ2n) is 16.2. The topological polar surface area (TPSA) is 158 Å². The number of ether oxygens (including phenoxy) is 3. The first-order valence-corrected chi connectivity index (χ1v) is 20.8. The maximum Gasteiger partial charge on any atom is 0.328 e. The third kappa shape index (κ3) is 5.65. The lowest BCUT2D eigenvalue weighted by Gasteiger charge is -2.41. The molecule has 63 heavy (non-hydrogen) atoms. The number of aromatic nitrogens is 4. The zero-order chi connectivity index (χ0) is 43.9. The number of hydrogen-bond acceptors (Lipinski definition) is 11. The highest BCUT2D eigenvalue weighted by molar-refractivity contribution is 6.28. The fourth-order valence-corrected chi connectivity index (χ4v) is 10.7. The van der Waals surface area contributed by atoms with Gasteiger partial charge in [0.1, 0.15) is 17.0 Å². The van der Waals surface area contributed by atoms with E-state index in [-0.39, 0.29) is 18.0 Å². The monoisotopic (exact) mass is 845 g/mol. The first-order valence-electron chi connectivity index (χ1n) is 20.8. The normalized spacial score (nSPS) is 23.6. The molecule has 4 saturated heterocycles. The van der Waals surface area contributed by atoms with E-state index in [0.29, 0.717) is 34.0 Å². The number of amides is 4. The second kappa shape index (κ2) is 14.9. The van der Waals surface area contributed by atoms with E-state index in [4.69, 9.17) is 24.4 Å². The Bertz CT molecular complexity index is 2630. The average molecular weight is 846 g/mol. The van der Waals surface area contributed by atoms with Crippen molar-refractivity contribution in [3.63, 3.8) is 0 Å². The van der Waals surface area contributed by atoms with E-state index in [0.717, 1.165) is 21.2 Å². The third-order valence-electron chi connectivity index (χ3n) is 13.2. The van der Waals surface area contributed by atoms with Gasteiger partial charge >= 0.3 is 5.97 Å². The van der Waals surface area contributed by atoms with Gasteiger partial charge in [-0.2, -0.15) is 10.2 Å². The largest absolute Gasteiger partial charge is 0.497 e. The SMILES string of the molecule is CCOC(=O)C12[C@H]3C(=O)N(c4ccc(OC)cc4)C(=O)[C@H]3[C@@H](c3cn(-c4ccccc4)nc3C)N1[C@H](c1cn(-c3ccccc3)nc1C)[C@@H]1C(=O)N(c3ccc(OC)cc3)C(=O)[C@@H]12. The van der Waals surface area contributed by atoms with Crippen LogP contribution < -0.4 is 19.3 Å². The van der Waals surface area contributed by atoms with E-state index in [1.54, 1.807) is 82.1 Å². The van der Waals surface area contributed by atoms with Crippen LogP contribution in [0.1, 0.15) is 41.5 Å². The van der Waals surface area contributed by atoms with Gasteiger partial charge in [0, 0.05) is 23.5 Å². The van der Waals surface area contributed by atoms with Gasteiger partial charge in [-0.3, -0.25) is 24.1 Å². The maximum atomic E-state index is 15.6. The molecular formula is C48H43N7O8. The number of nitrogens with zero attached hydrogens (tertiary/aromatic N) is 7. The lowest BCUT2D eigenvalue weighted by molar-refractivity contribution is -0.165. The lowest BCUT2D eigenvalue weighted by atomic mass is 9.69. The van der Waals surface area contributed by atoms with Crippen LogP contribution >= 0.6 is 0 Å². The molecular weight excluding hydrogens is 803 g/mol. The van der Waals surface area contributed by atoms with Gasteiger partial charge in [0.25, 0.3) is 0 Å². The van der Waals surface area contributed by atoms with Crippen LogP contribution in [0.4, 0.5) is 11.4 Å². The van der Waals surface area contributed by atoms with Crippen molar-refractivity contribution in [1.82, 2.24) is 24.5 Å². The molecule has 15 nitrogen and oxygen atoms in total. The van der Waals surface area contributed by atoms with Crippen LogP contribution in [0.25, 0.3) is 11.4 Å². The number of benzene rings is 4. The molecule has 0 unspecified atom stereocenters. The number of carbonyl (C=O) groups is 5. The number of imide groups is 2. The Morgan fingerprint density at radius 2 is 0.968 bits per heavy atom. The Morgan fingerprint density at radius 1 is 0.571 bits per heavy atom. The smallest absolute Gasteiger partial charge is 0.328 e. The van der Waals surface area contributed by atoms with E-state index in [2.05, 4.69) is 0 Å². The summed E-state index contributed by atoms with van der Waals surface area (Å²) in [4.78, 5) is 81.6. The quantitative estimate of drug-likeness (QED) is 0.123. The number of fused-ring (bicyclic) bond motifs is 5. The average Bonchev–Trinajstić information content (AvgIpc) is 4.13. The van der Waals surface area contributed by atoms with Gasteiger partial charge in [-0.1, -0.05) is 36.4 Å². The second-order valence-corrected chi connectivity index (χ2v) is 16.2. The van der Waals surface area contributed by atoms with E-state index in [9.17, 15) is 0 Å². The van der Waals surface area contributed by atoms with Gasteiger partial charge in [0.05, 0.1) is 90.7 Å². The van der Waals surface area contributed by atoms with Crippen LogP contribution in [0, 0.1) is 37.5 Å². The summed E-state index contributed by atoms with van der Waals surface area (Å²) in [5, 5.41) is 9.81. The molecule has 6 atom stereocenters. The standard InChI is InChI=1S/C48H43N7O8/c1-6-63-47(60)48-39-37(43(56)53(45(39)58)31-17-21-33(61-4)22-18-31)41(35-25-51(49-27(35)2)29-13-9-7-10-14-29)55(48)42(36-26-52(50-28(36)3)30-15-11-8-12-16-30)38-40(48)46(59)54(44(38)57)32-19-23-34(62-5)24-20-32/h7-26,37-42H,6H2,1-5H3/t37-,38-,39-,40-,41-,42-/m1/s1. The van der Waals surface area contributed by atoms with Crippen molar-refractivity contribution >= 4 is 41.0 Å². The van der Waals surface area contributed by atoms with Gasteiger partial charge in [0.2, 0.25) is 23.6 Å². The lowest BCUT2D eigenvalue weighted by Crippen LogP contribution is -2.61. The summed E-state index contributed by atoms with van der Waals surface area (Å²) >= 11 is 0. The summed E-state index contributed by atoms with van der Waals surface area (Å²) in [5.74, 6) is -7.81. The molecule has 318 valence electrons. The molecule has 4 aliphatic rings. The number of carbonyl (C=O) groups excluding carboxylic acids is 5. The van der Waals surface area contributed by atoms with Crippen molar-refractivity contribution in [3.8, 4) is 22.9 Å². The summed E-state index contributed by atoms with van der Waals surface area (Å²) in [6.07, 6.45) is 3.61. The Labute approximate surface area is 362 Å². The number of anilines is 2. The minimum atomic E-state index is -2.18. The van der Waals surface area contributed by atoms with E-state index in [1.165, 1.54) is 14.2 Å². The molecule has 4 amide bonds. The molecule has 4 aliphatic heterocycles. The Balaban J connectivity index is 1.26. The number of para-hydroxylation sites is 2. The molecule has 2 aromatic heterocycles. The molecule has 10 rings (SSSR count). The van der Waals surface area contributed by atoms with E-state index >= 15 is 24.0 Å². The molecule has 0 N–H and O–H groups in total. The predicted octanol–water partition coefficient (Wildman–Crippen LogP) is 5.72. The van der Waals surface area contributed by atoms with Gasteiger partial charge in [-0.05, 0) is 93.6 Å². The van der Waals surface area contributed by atoms with Gasteiger partial charge < -0.3 is 14.2 Å². The molecule has 0 radical (unpaired) electrons. The van der Waals surface area contributed by atoms with Crippen molar-refractivity contribution < 1.29 is 38.2 Å². The zero-order valence-electron chi connectivity index (χ0n) is 35.1. The van der Waals surface area contributed by atoms with Crippen molar-refractivity contribution in [1.29, 1.82) is 0 Å². The van der Waals surface area contributed by atoms with Crippen LogP contribution in [0.3, 0.4) is 0 Å². The van der Waals surface area contributed by atoms with Crippen LogP contribution in [0.15, 0.2) is 122 Å². The molecule has 15 heteroatoms. The number of methoxy groups -OCH3 is 2. The summed E-state index contributed by atoms with van der Waals surface area (Å²) < 4.78 is 20.2. The molecule has 4 fully saturated rings. The van der Waals surface area contributed by atoms with Gasteiger partial charge in [-0.15, -0.1) is 0 Å². The highest BCUT2D eigenvalue weighted by Crippen LogP contribution is 2.70. The number of esters is 1. The van der Waals surface area contributed by atoms with Gasteiger partial charge in [-0.25, -0.2) is 24.0 Å². The summed E-state index contributed by atoms with van der Waals surface area (Å²) in [6, 6.07) is 29.7. The Hall–Kier alpha value is -7.39. The number of aryl methyl sites for hydroxylation is 2. The van der Waals surface area contributed by atoms with Crippen molar-refractivity contribution in [3.05, 3.63) is 144 Å². The maximum absolute atomic E-state index is 15.6. The highest BCUT2D eigenvalue weighted by Gasteiger charge is 2.84. The zero-order valence-corrected chi connectivity index (χ0v) is 35.1. The van der Waals surface area contributed by atoms with Crippen molar-refractivity contribution in [2.45, 2.75) is 38.4 Å². The fourth-order valence-electron chi connectivity index (χ4n) is 10.7. The highest BCUT2D eigenvalue weighted by atomic mass is 16.5. The minimum Gasteiger partial charge on any atom is -0.497 e. The molecule has 6 heterocycles. The van der Waals surface area contributed by atoms with Crippen molar-refractivity contribution in [2.75, 3.05) is 30.6 Å². The molecule has 6 aromatic rings. The van der Waals surface area contributed by atoms with Crippen molar-refractivity contribution in [2.24, 2.45) is 23.7 Å². The van der Waals surface area contributed by atoms with Crippen LogP contribution in [0.5, 0.6) is 11.5 Å². The fraction of sp³-hybridized carbons (Fsp3) is 0.271. The van der Waals surface area contributed by atoms with E-state index < -0.39 is 70.9 Å². The predicted molar refractivity (Wildman–Crippen MR) is 228 cm³/mol. The summed E-state index contributed by atoms with van der Waals surface area (Å²) in [6.45, 7) is 5.15. The van der Waals surface area contributed by atoms with Crippen LogP contribution in [-0.2, 0) is 28.7 Å². The molecule has 0 bridgehead atoms. The molecule has 4 aromatic carbocycles. The molecule has 0 aliphatic carbocycles. The summed E-state index contributed by atoms with van der Waals surface area (Å²) in [5.41, 5.74) is 1.97. The van der Waals surface area contributed by atoms with E-state index in [1.807, 2.05) is 74.5 Å².